The van der Waals surface area contributed by atoms with E-state index in [4.69, 9.17) is 4.74 Å². The molecule has 1 aromatic carbocycles. The van der Waals surface area contributed by atoms with Crippen LogP contribution in [0, 0.1) is 0 Å². The molecular weight excluding hydrogens is 230 g/mol. The van der Waals surface area contributed by atoms with Crippen LogP contribution in [0.25, 0.3) is 0 Å². The van der Waals surface area contributed by atoms with Crippen molar-refractivity contribution in [3.05, 3.63) is 22.7 Å². The molecule has 0 aliphatic heterocycles. The Hall–Kier alpha value is -0.700. The van der Waals surface area contributed by atoms with Crippen molar-refractivity contribution in [1.29, 1.82) is 0 Å². The summed E-state index contributed by atoms with van der Waals surface area (Å²) in [6.07, 6.45) is 2.85. The summed E-state index contributed by atoms with van der Waals surface area (Å²) >= 11 is 3.44. The minimum atomic E-state index is 0.457. The highest BCUT2D eigenvalue weighted by atomic mass is 79.9. The minimum Gasteiger partial charge on any atom is -0.490 e. The van der Waals surface area contributed by atoms with Gasteiger partial charge in [-0.05, 0) is 25.0 Å². The maximum atomic E-state index is 5.68. The van der Waals surface area contributed by atoms with Crippen LogP contribution < -0.4 is 10.1 Å². The Labute approximate surface area is 86.4 Å². The maximum absolute atomic E-state index is 5.68. The molecule has 0 bridgehead atoms. The van der Waals surface area contributed by atoms with Crippen molar-refractivity contribution in [3.63, 3.8) is 0 Å². The van der Waals surface area contributed by atoms with E-state index in [1.54, 1.807) is 0 Å². The molecule has 1 fully saturated rings. The molecule has 2 rings (SSSR count). The second-order valence-corrected chi connectivity index (χ2v) is 4.16. The number of nitrogens with one attached hydrogen (secondary N) is 1. The van der Waals surface area contributed by atoms with Crippen molar-refractivity contribution in [1.82, 2.24) is 0 Å². The molecule has 1 saturated carbocycles. The average molecular weight is 242 g/mol. The fourth-order valence-corrected chi connectivity index (χ4v) is 1.63. The highest BCUT2D eigenvalue weighted by Crippen LogP contribution is 2.30. The van der Waals surface area contributed by atoms with Gasteiger partial charge in [0.15, 0.2) is 0 Å². The molecule has 3 heteroatoms. The molecule has 0 atom stereocenters. The number of hydrogen-bond acceptors (Lipinski definition) is 2. The molecule has 70 valence electrons. The van der Waals surface area contributed by atoms with Gasteiger partial charge in [0.2, 0.25) is 0 Å². The van der Waals surface area contributed by atoms with Gasteiger partial charge in [0.25, 0.3) is 0 Å². The van der Waals surface area contributed by atoms with Gasteiger partial charge in [0.1, 0.15) is 5.75 Å². The predicted octanol–water partition coefficient (Wildman–Crippen LogP) is 3.03. The Morgan fingerprint density at radius 2 is 2.15 bits per heavy atom. The first-order valence-corrected chi connectivity index (χ1v) is 5.22. The highest BCUT2D eigenvalue weighted by Gasteiger charge is 2.23. The van der Waals surface area contributed by atoms with E-state index in [0.29, 0.717) is 6.10 Å². The van der Waals surface area contributed by atoms with Crippen LogP contribution in [-0.2, 0) is 0 Å². The van der Waals surface area contributed by atoms with Crippen molar-refractivity contribution >= 4 is 21.6 Å². The number of halogens is 1. The molecule has 0 aromatic heterocycles. The Kier molecular flexibility index (Phi) is 2.44. The molecule has 1 aromatic rings. The number of anilines is 1. The number of benzene rings is 1. The molecule has 0 radical (unpaired) electrons. The first-order chi connectivity index (χ1) is 6.28. The van der Waals surface area contributed by atoms with Crippen molar-refractivity contribution < 1.29 is 4.74 Å². The summed E-state index contributed by atoms with van der Waals surface area (Å²) in [6.45, 7) is 0. The molecule has 0 amide bonds. The van der Waals surface area contributed by atoms with E-state index in [2.05, 4.69) is 21.2 Å². The second kappa shape index (κ2) is 3.58. The summed E-state index contributed by atoms with van der Waals surface area (Å²) in [5, 5.41) is 3.09. The largest absolute Gasteiger partial charge is 0.490 e. The third kappa shape index (κ3) is 2.37. The topological polar surface area (TPSA) is 21.3 Å². The summed E-state index contributed by atoms with van der Waals surface area (Å²) in [7, 11) is 1.91. The molecule has 0 spiro atoms. The zero-order chi connectivity index (χ0) is 9.26. The zero-order valence-electron chi connectivity index (χ0n) is 7.51. The molecule has 1 aliphatic rings. The van der Waals surface area contributed by atoms with Crippen molar-refractivity contribution in [2.24, 2.45) is 0 Å². The van der Waals surface area contributed by atoms with E-state index in [0.717, 1.165) is 15.9 Å². The Balaban J connectivity index is 2.17. The summed E-state index contributed by atoms with van der Waals surface area (Å²) in [6, 6.07) is 6.04. The van der Waals surface area contributed by atoms with Crippen molar-refractivity contribution in [3.8, 4) is 5.75 Å². The lowest BCUT2D eigenvalue weighted by atomic mass is 10.3. The Morgan fingerprint density at radius 1 is 1.38 bits per heavy atom. The zero-order valence-corrected chi connectivity index (χ0v) is 9.10. The van der Waals surface area contributed by atoms with Gasteiger partial charge in [-0.1, -0.05) is 15.9 Å². The Morgan fingerprint density at radius 3 is 2.77 bits per heavy atom. The summed E-state index contributed by atoms with van der Waals surface area (Å²) in [5.74, 6) is 0.946. The SMILES string of the molecule is CNc1cc(Br)cc(OC2CC2)c1. The van der Waals surface area contributed by atoms with Crippen LogP contribution in [0.5, 0.6) is 5.75 Å². The fraction of sp³-hybridized carbons (Fsp3) is 0.400. The molecule has 0 saturated heterocycles. The van der Waals surface area contributed by atoms with Crippen LogP contribution >= 0.6 is 15.9 Å². The highest BCUT2D eigenvalue weighted by molar-refractivity contribution is 9.10. The third-order valence-corrected chi connectivity index (χ3v) is 2.44. The maximum Gasteiger partial charge on any atom is 0.122 e. The van der Waals surface area contributed by atoms with Gasteiger partial charge < -0.3 is 10.1 Å². The Bertz CT molecular complexity index is 310. The molecular formula is C10H12BrNO. The molecule has 0 unspecified atom stereocenters. The average Bonchev–Trinajstić information content (AvgIpc) is 2.87. The van der Waals surface area contributed by atoms with Crippen LogP contribution in [0.1, 0.15) is 12.8 Å². The minimum absolute atomic E-state index is 0.457. The summed E-state index contributed by atoms with van der Waals surface area (Å²) in [5.41, 5.74) is 1.07. The van der Waals surface area contributed by atoms with Gasteiger partial charge in [-0.3, -0.25) is 0 Å². The lowest BCUT2D eigenvalue weighted by molar-refractivity contribution is 0.303. The van der Waals surface area contributed by atoms with Gasteiger partial charge >= 0.3 is 0 Å². The van der Waals surface area contributed by atoms with Crippen LogP contribution in [0.15, 0.2) is 22.7 Å². The monoisotopic (exact) mass is 241 g/mol. The van der Waals surface area contributed by atoms with Crippen LogP contribution in [-0.4, -0.2) is 13.2 Å². The summed E-state index contributed by atoms with van der Waals surface area (Å²) < 4.78 is 6.73. The molecule has 1 N–H and O–H groups in total. The molecule has 13 heavy (non-hydrogen) atoms. The lowest BCUT2D eigenvalue weighted by Gasteiger charge is -2.07. The smallest absolute Gasteiger partial charge is 0.122 e. The number of hydrogen-bond donors (Lipinski definition) is 1. The molecule has 1 aliphatic carbocycles. The van der Waals surface area contributed by atoms with E-state index < -0.39 is 0 Å². The number of rotatable bonds is 3. The van der Waals surface area contributed by atoms with Gasteiger partial charge in [-0.15, -0.1) is 0 Å². The second-order valence-electron chi connectivity index (χ2n) is 3.24. The van der Waals surface area contributed by atoms with Crippen LogP contribution in [0.3, 0.4) is 0 Å². The van der Waals surface area contributed by atoms with Crippen molar-refractivity contribution in [2.45, 2.75) is 18.9 Å². The van der Waals surface area contributed by atoms with Gasteiger partial charge in [-0.25, -0.2) is 0 Å². The van der Waals surface area contributed by atoms with E-state index in [-0.39, 0.29) is 0 Å². The first kappa shape index (κ1) is 8.88. The van der Waals surface area contributed by atoms with Gasteiger partial charge in [0.05, 0.1) is 6.10 Å². The molecule has 0 heterocycles. The van der Waals surface area contributed by atoms with E-state index in [1.807, 2.05) is 25.2 Å². The predicted molar refractivity (Wildman–Crippen MR) is 57.3 cm³/mol. The number of ether oxygens (including phenoxy) is 1. The normalized spacial score (nSPS) is 15.5. The summed E-state index contributed by atoms with van der Waals surface area (Å²) in [4.78, 5) is 0. The van der Waals surface area contributed by atoms with Gasteiger partial charge in [0, 0.05) is 23.3 Å². The van der Waals surface area contributed by atoms with E-state index in [1.165, 1.54) is 12.8 Å². The quantitative estimate of drug-likeness (QED) is 0.879. The van der Waals surface area contributed by atoms with E-state index in [9.17, 15) is 0 Å². The van der Waals surface area contributed by atoms with Gasteiger partial charge in [-0.2, -0.15) is 0 Å². The standard InChI is InChI=1S/C10H12BrNO/c1-12-8-4-7(11)5-10(6-8)13-9-2-3-9/h4-6,9,12H,2-3H2,1H3. The lowest BCUT2D eigenvalue weighted by Crippen LogP contribution is -1.97. The molecule has 2 nitrogen and oxygen atoms in total. The van der Waals surface area contributed by atoms with Crippen LogP contribution in [0.2, 0.25) is 0 Å². The third-order valence-electron chi connectivity index (χ3n) is 1.99. The van der Waals surface area contributed by atoms with Crippen LogP contribution in [0.4, 0.5) is 5.69 Å². The first-order valence-electron chi connectivity index (χ1n) is 4.43. The van der Waals surface area contributed by atoms with E-state index >= 15 is 0 Å². The fourth-order valence-electron chi connectivity index (χ4n) is 1.15. The van der Waals surface area contributed by atoms with Crippen molar-refractivity contribution in [2.75, 3.05) is 12.4 Å².